The number of H-pyrrole nitrogens is 1. The Bertz CT molecular complexity index is 1010. The molecule has 0 aliphatic heterocycles. The molecule has 0 aliphatic carbocycles. The van der Waals surface area contributed by atoms with Gasteiger partial charge in [-0.1, -0.05) is 30.3 Å². The largest absolute Gasteiger partial charge is 0.338 e. The minimum absolute atomic E-state index is 0.0231. The van der Waals surface area contributed by atoms with Crippen molar-refractivity contribution in [2.45, 2.75) is 11.3 Å². The number of rotatable bonds is 6. The molecule has 27 heavy (non-hydrogen) atoms. The normalized spacial score (nSPS) is 10.8. The topological polar surface area (TPSA) is 57.8 Å². The van der Waals surface area contributed by atoms with Gasteiger partial charge in [0.05, 0.1) is 11.0 Å². The first-order valence-electron chi connectivity index (χ1n) is 8.81. The van der Waals surface area contributed by atoms with Gasteiger partial charge < -0.3 is 10.3 Å². The standard InChI is InChI=1S/C22H19N3OS/c26-21(14-15-27-18-6-2-1-3-7-18)23-17-12-10-16(11-13-17)22-24-19-8-4-5-9-20(19)25-22/h1-13H,14-15H2,(H,23,26)(H,24,25). The van der Waals surface area contributed by atoms with E-state index in [1.54, 1.807) is 11.8 Å². The minimum Gasteiger partial charge on any atom is -0.338 e. The molecule has 4 rings (SSSR count). The zero-order chi connectivity index (χ0) is 18.5. The molecule has 3 aromatic carbocycles. The molecule has 1 heterocycles. The number of nitrogens with zero attached hydrogens (tertiary/aromatic N) is 1. The molecule has 4 aromatic rings. The van der Waals surface area contributed by atoms with Gasteiger partial charge in [0.2, 0.25) is 5.91 Å². The number of imidazole rings is 1. The molecule has 1 aromatic heterocycles. The minimum atomic E-state index is 0.0231. The van der Waals surface area contributed by atoms with E-state index in [-0.39, 0.29) is 5.91 Å². The molecule has 2 N–H and O–H groups in total. The Morgan fingerprint density at radius 1 is 0.926 bits per heavy atom. The van der Waals surface area contributed by atoms with Crippen molar-refractivity contribution in [1.82, 2.24) is 9.97 Å². The number of carbonyl (C=O) groups is 1. The zero-order valence-corrected chi connectivity index (χ0v) is 15.5. The number of benzene rings is 3. The van der Waals surface area contributed by atoms with Crippen molar-refractivity contribution in [3.63, 3.8) is 0 Å². The van der Waals surface area contributed by atoms with E-state index in [4.69, 9.17) is 0 Å². The van der Waals surface area contributed by atoms with Crippen molar-refractivity contribution in [2.24, 2.45) is 0 Å². The number of carbonyl (C=O) groups excluding carboxylic acids is 1. The molecule has 0 saturated heterocycles. The Morgan fingerprint density at radius 3 is 2.44 bits per heavy atom. The van der Waals surface area contributed by atoms with Crippen LogP contribution in [0.3, 0.4) is 0 Å². The van der Waals surface area contributed by atoms with E-state index in [1.165, 1.54) is 4.90 Å². The molecule has 0 unspecified atom stereocenters. The first kappa shape index (κ1) is 17.4. The second-order valence-electron chi connectivity index (χ2n) is 6.14. The maximum absolute atomic E-state index is 12.1. The Balaban J connectivity index is 1.34. The SMILES string of the molecule is O=C(CCSc1ccccc1)Nc1ccc(-c2nc3ccccc3[nH]2)cc1. The van der Waals surface area contributed by atoms with E-state index in [2.05, 4.69) is 27.4 Å². The predicted octanol–water partition coefficient (Wildman–Crippen LogP) is 5.35. The summed E-state index contributed by atoms with van der Waals surface area (Å²) in [6, 6.07) is 25.8. The molecule has 0 bridgehead atoms. The summed E-state index contributed by atoms with van der Waals surface area (Å²) in [5, 5.41) is 2.95. The Kier molecular flexibility index (Phi) is 5.21. The predicted molar refractivity (Wildman–Crippen MR) is 112 cm³/mol. The molecule has 1 amide bonds. The third-order valence-corrected chi connectivity index (χ3v) is 5.19. The lowest BCUT2D eigenvalue weighted by molar-refractivity contribution is -0.115. The monoisotopic (exact) mass is 373 g/mol. The second kappa shape index (κ2) is 8.10. The van der Waals surface area contributed by atoms with Crippen LogP contribution in [0.4, 0.5) is 5.69 Å². The van der Waals surface area contributed by atoms with Crippen LogP contribution in [-0.4, -0.2) is 21.6 Å². The van der Waals surface area contributed by atoms with Crippen LogP contribution in [0.2, 0.25) is 0 Å². The molecule has 4 nitrogen and oxygen atoms in total. The number of nitrogens with one attached hydrogen (secondary N) is 2. The fraction of sp³-hybridized carbons (Fsp3) is 0.0909. The molecular weight excluding hydrogens is 354 g/mol. The average Bonchev–Trinajstić information content (AvgIpc) is 3.13. The van der Waals surface area contributed by atoms with Gasteiger partial charge in [-0.05, 0) is 48.5 Å². The lowest BCUT2D eigenvalue weighted by Crippen LogP contribution is -2.12. The van der Waals surface area contributed by atoms with E-state index in [1.807, 2.05) is 66.7 Å². The van der Waals surface area contributed by atoms with Crippen molar-refractivity contribution in [3.05, 3.63) is 78.9 Å². The van der Waals surface area contributed by atoms with Crippen LogP contribution in [0.5, 0.6) is 0 Å². The fourth-order valence-corrected chi connectivity index (χ4v) is 3.68. The molecule has 0 spiro atoms. The summed E-state index contributed by atoms with van der Waals surface area (Å²) in [6.45, 7) is 0. The fourth-order valence-electron chi connectivity index (χ4n) is 2.80. The molecule has 0 fully saturated rings. The summed E-state index contributed by atoms with van der Waals surface area (Å²) in [5.41, 5.74) is 3.75. The Morgan fingerprint density at radius 2 is 1.67 bits per heavy atom. The molecule has 134 valence electrons. The van der Waals surface area contributed by atoms with Crippen LogP contribution in [0.25, 0.3) is 22.4 Å². The van der Waals surface area contributed by atoms with Crippen LogP contribution in [0.15, 0.2) is 83.8 Å². The molecule has 0 atom stereocenters. The van der Waals surface area contributed by atoms with Gasteiger partial charge in [-0.3, -0.25) is 4.79 Å². The van der Waals surface area contributed by atoms with Gasteiger partial charge in [-0.15, -0.1) is 11.8 Å². The smallest absolute Gasteiger partial charge is 0.225 e. The second-order valence-corrected chi connectivity index (χ2v) is 7.31. The number of fused-ring (bicyclic) bond motifs is 1. The highest BCUT2D eigenvalue weighted by Gasteiger charge is 2.06. The Hall–Kier alpha value is -3.05. The highest BCUT2D eigenvalue weighted by atomic mass is 32.2. The van der Waals surface area contributed by atoms with Crippen molar-refractivity contribution in [3.8, 4) is 11.4 Å². The number of thioether (sulfide) groups is 1. The Labute approximate surface area is 162 Å². The maximum Gasteiger partial charge on any atom is 0.225 e. The van der Waals surface area contributed by atoms with Crippen LogP contribution in [0, 0.1) is 0 Å². The summed E-state index contributed by atoms with van der Waals surface area (Å²) in [6.07, 6.45) is 0.477. The van der Waals surface area contributed by atoms with E-state index in [9.17, 15) is 4.79 Å². The number of hydrogen-bond acceptors (Lipinski definition) is 3. The van der Waals surface area contributed by atoms with E-state index in [0.717, 1.165) is 33.9 Å². The highest BCUT2D eigenvalue weighted by molar-refractivity contribution is 7.99. The van der Waals surface area contributed by atoms with Gasteiger partial charge in [0, 0.05) is 28.3 Å². The number of amides is 1. The summed E-state index contributed by atoms with van der Waals surface area (Å²) in [7, 11) is 0. The van der Waals surface area contributed by atoms with Crippen molar-refractivity contribution >= 4 is 34.4 Å². The van der Waals surface area contributed by atoms with Gasteiger partial charge in [0.15, 0.2) is 0 Å². The number of aromatic nitrogens is 2. The average molecular weight is 373 g/mol. The molecule has 0 saturated carbocycles. The molecular formula is C22H19N3OS. The van der Waals surface area contributed by atoms with Gasteiger partial charge in [0.25, 0.3) is 0 Å². The summed E-state index contributed by atoms with van der Waals surface area (Å²) in [5.74, 6) is 1.61. The number of anilines is 1. The first-order chi connectivity index (χ1) is 13.3. The van der Waals surface area contributed by atoms with Crippen LogP contribution < -0.4 is 5.32 Å². The van der Waals surface area contributed by atoms with Crippen molar-refractivity contribution in [2.75, 3.05) is 11.1 Å². The lowest BCUT2D eigenvalue weighted by Gasteiger charge is -2.06. The summed E-state index contributed by atoms with van der Waals surface area (Å²) in [4.78, 5) is 21.2. The van der Waals surface area contributed by atoms with Crippen molar-refractivity contribution < 1.29 is 4.79 Å². The zero-order valence-electron chi connectivity index (χ0n) is 14.7. The third kappa shape index (κ3) is 4.38. The molecule has 0 radical (unpaired) electrons. The number of para-hydroxylation sites is 2. The molecule has 0 aliphatic rings. The lowest BCUT2D eigenvalue weighted by atomic mass is 10.2. The van der Waals surface area contributed by atoms with Crippen LogP contribution in [-0.2, 0) is 4.79 Å². The van der Waals surface area contributed by atoms with Gasteiger partial charge in [-0.25, -0.2) is 4.98 Å². The van der Waals surface area contributed by atoms with E-state index in [0.29, 0.717) is 6.42 Å². The van der Waals surface area contributed by atoms with E-state index >= 15 is 0 Å². The van der Waals surface area contributed by atoms with Gasteiger partial charge >= 0.3 is 0 Å². The maximum atomic E-state index is 12.1. The van der Waals surface area contributed by atoms with Gasteiger partial charge in [0.1, 0.15) is 5.82 Å². The van der Waals surface area contributed by atoms with E-state index < -0.39 is 0 Å². The summed E-state index contributed by atoms with van der Waals surface area (Å²) >= 11 is 1.69. The van der Waals surface area contributed by atoms with Crippen LogP contribution in [0.1, 0.15) is 6.42 Å². The van der Waals surface area contributed by atoms with Gasteiger partial charge in [-0.2, -0.15) is 0 Å². The number of aromatic amines is 1. The third-order valence-electron chi connectivity index (χ3n) is 4.17. The number of hydrogen-bond donors (Lipinski definition) is 2. The van der Waals surface area contributed by atoms with Crippen LogP contribution >= 0.6 is 11.8 Å². The summed E-state index contributed by atoms with van der Waals surface area (Å²) < 4.78 is 0. The van der Waals surface area contributed by atoms with Crippen molar-refractivity contribution in [1.29, 1.82) is 0 Å². The molecule has 5 heteroatoms. The highest BCUT2D eigenvalue weighted by Crippen LogP contribution is 2.22. The first-order valence-corrected chi connectivity index (χ1v) is 9.79. The quantitative estimate of drug-likeness (QED) is 0.448.